The van der Waals surface area contributed by atoms with E-state index in [1.807, 2.05) is 0 Å². The van der Waals surface area contributed by atoms with Crippen LogP contribution in [-0.4, -0.2) is 42.6 Å². The molecular weight excluding hydrogens is 273 g/mol. The highest BCUT2D eigenvalue weighted by atomic mass is 32.2. The van der Waals surface area contributed by atoms with Crippen molar-refractivity contribution in [2.75, 3.05) is 19.7 Å². The zero-order chi connectivity index (χ0) is 14.5. The van der Waals surface area contributed by atoms with Gasteiger partial charge in [0.15, 0.2) is 0 Å². The zero-order valence-corrected chi connectivity index (χ0v) is 11.1. The zero-order valence-electron chi connectivity index (χ0n) is 10.3. The van der Waals surface area contributed by atoms with E-state index in [1.54, 1.807) is 0 Å². The van der Waals surface area contributed by atoms with Gasteiger partial charge in [-0.3, -0.25) is 0 Å². The van der Waals surface area contributed by atoms with E-state index in [0.29, 0.717) is 0 Å². The largest absolute Gasteiger partial charge is 0.395 e. The lowest BCUT2D eigenvalue weighted by Gasteiger charge is -2.20. The first-order valence-electron chi connectivity index (χ1n) is 5.58. The lowest BCUT2D eigenvalue weighted by atomic mass is 10.2. The van der Waals surface area contributed by atoms with Crippen LogP contribution >= 0.6 is 0 Å². The first kappa shape index (κ1) is 15.8. The molecule has 0 aliphatic rings. The van der Waals surface area contributed by atoms with E-state index in [9.17, 15) is 12.8 Å². The Morgan fingerprint density at radius 2 is 2.05 bits per heavy atom. The van der Waals surface area contributed by atoms with Crippen molar-refractivity contribution in [1.82, 2.24) is 4.31 Å². The van der Waals surface area contributed by atoms with E-state index in [2.05, 4.69) is 6.58 Å². The lowest BCUT2D eigenvalue weighted by molar-refractivity contribution is 0.260. The van der Waals surface area contributed by atoms with E-state index >= 15 is 0 Å². The van der Waals surface area contributed by atoms with Gasteiger partial charge in [0.1, 0.15) is 10.7 Å². The third-order valence-corrected chi connectivity index (χ3v) is 4.38. The van der Waals surface area contributed by atoms with Crippen LogP contribution in [-0.2, 0) is 16.6 Å². The second-order valence-corrected chi connectivity index (χ2v) is 5.70. The van der Waals surface area contributed by atoms with Crippen LogP contribution in [0, 0.1) is 5.82 Å². The number of aliphatic hydroxyl groups excluding tert-OH is 2. The molecule has 0 saturated carbocycles. The van der Waals surface area contributed by atoms with Gasteiger partial charge in [-0.05, 0) is 17.7 Å². The molecule has 0 saturated heterocycles. The van der Waals surface area contributed by atoms with Crippen LogP contribution in [0.2, 0.25) is 0 Å². The highest BCUT2D eigenvalue weighted by Crippen LogP contribution is 2.20. The maximum Gasteiger partial charge on any atom is 0.246 e. The summed E-state index contributed by atoms with van der Waals surface area (Å²) in [5.74, 6) is -0.932. The maximum absolute atomic E-state index is 13.8. The number of sulfonamides is 1. The SMILES string of the molecule is C=CCN(CCO)S(=O)(=O)c1ccc(CO)cc1F. The minimum absolute atomic E-state index is 0.0237. The van der Waals surface area contributed by atoms with Crippen LogP contribution in [0.1, 0.15) is 5.56 Å². The van der Waals surface area contributed by atoms with E-state index < -0.39 is 20.7 Å². The van der Waals surface area contributed by atoms with Gasteiger partial charge in [-0.15, -0.1) is 6.58 Å². The van der Waals surface area contributed by atoms with Gasteiger partial charge in [-0.25, -0.2) is 12.8 Å². The van der Waals surface area contributed by atoms with Gasteiger partial charge in [0.2, 0.25) is 10.0 Å². The molecule has 0 fully saturated rings. The monoisotopic (exact) mass is 289 g/mol. The van der Waals surface area contributed by atoms with Crippen LogP contribution in [0.3, 0.4) is 0 Å². The molecule has 0 radical (unpaired) electrons. The Kier molecular flexibility index (Phi) is 5.61. The molecule has 0 bridgehead atoms. The molecule has 0 heterocycles. The van der Waals surface area contributed by atoms with Gasteiger partial charge in [0.25, 0.3) is 0 Å². The molecule has 0 spiro atoms. The smallest absolute Gasteiger partial charge is 0.246 e. The molecule has 0 amide bonds. The number of aliphatic hydroxyl groups is 2. The summed E-state index contributed by atoms with van der Waals surface area (Å²) in [7, 11) is -4.04. The van der Waals surface area contributed by atoms with Gasteiger partial charge >= 0.3 is 0 Å². The van der Waals surface area contributed by atoms with Crippen LogP contribution < -0.4 is 0 Å². The summed E-state index contributed by atoms with van der Waals surface area (Å²) in [6.07, 6.45) is 1.35. The average Bonchev–Trinajstić information content (AvgIpc) is 2.38. The van der Waals surface area contributed by atoms with E-state index in [0.717, 1.165) is 16.4 Å². The first-order valence-corrected chi connectivity index (χ1v) is 7.02. The van der Waals surface area contributed by atoms with Gasteiger partial charge in [-0.2, -0.15) is 4.31 Å². The lowest BCUT2D eigenvalue weighted by Crippen LogP contribution is -2.34. The maximum atomic E-state index is 13.8. The summed E-state index contributed by atoms with van der Waals surface area (Å²) in [6, 6.07) is 3.41. The van der Waals surface area contributed by atoms with Crippen molar-refractivity contribution < 1.29 is 23.0 Å². The number of benzene rings is 1. The fourth-order valence-electron chi connectivity index (χ4n) is 1.56. The van der Waals surface area contributed by atoms with Crippen LogP contribution in [0.25, 0.3) is 0 Å². The summed E-state index contributed by atoms with van der Waals surface area (Å²) in [6.45, 7) is 2.52. The van der Waals surface area contributed by atoms with Crippen molar-refractivity contribution in [2.24, 2.45) is 0 Å². The topological polar surface area (TPSA) is 77.8 Å². The predicted octanol–water partition coefficient (Wildman–Crippen LogP) is 0.487. The Bertz CT molecular complexity index is 545. The Morgan fingerprint density at radius 3 is 2.53 bits per heavy atom. The average molecular weight is 289 g/mol. The number of halogens is 1. The highest BCUT2D eigenvalue weighted by molar-refractivity contribution is 7.89. The van der Waals surface area contributed by atoms with Gasteiger partial charge < -0.3 is 10.2 Å². The normalized spacial score (nSPS) is 11.8. The van der Waals surface area contributed by atoms with Gasteiger partial charge in [-0.1, -0.05) is 12.1 Å². The molecule has 0 atom stereocenters. The number of rotatable bonds is 7. The van der Waals surface area contributed by atoms with Crippen molar-refractivity contribution in [3.05, 3.63) is 42.2 Å². The van der Waals surface area contributed by atoms with Crippen molar-refractivity contribution in [3.63, 3.8) is 0 Å². The standard InChI is InChI=1S/C12H16FNO4S/c1-2-5-14(6-7-15)19(17,18)12-4-3-10(9-16)8-11(12)13/h2-4,8,15-16H,1,5-7,9H2. The quantitative estimate of drug-likeness (QED) is 0.716. The molecule has 5 nitrogen and oxygen atoms in total. The fraction of sp³-hybridized carbons (Fsp3) is 0.333. The second kappa shape index (κ2) is 6.76. The first-order chi connectivity index (χ1) is 8.97. The van der Waals surface area contributed by atoms with Crippen LogP contribution in [0.5, 0.6) is 0 Å². The summed E-state index contributed by atoms with van der Waals surface area (Å²) in [4.78, 5) is -0.486. The number of nitrogens with zero attached hydrogens (tertiary/aromatic N) is 1. The molecule has 0 aliphatic heterocycles. The molecule has 1 aromatic carbocycles. The summed E-state index contributed by atoms with van der Waals surface area (Å²) >= 11 is 0. The van der Waals surface area contributed by atoms with Crippen molar-refractivity contribution in [3.8, 4) is 0 Å². The van der Waals surface area contributed by atoms with Crippen molar-refractivity contribution >= 4 is 10.0 Å². The summed E-state index contributed by atoms with van der Waals surface area (Å²) < 4.78 is 39.1. The minimum atomic E-state index is -4.04. The molecule has 0 unspecified atom stereocenters. The van der Waals surface area contributed by atoms with Crippen molar-refractivity contribution in [1.29, 1.82) is 0 Å². The molecule has 7 heteroatoms. The Labute approximate surface area is 111 Å². The molecular formula is C12H16FNO4S. The molecule has 1 aromatic rings. The number of hydrogen-bond acceptors (Lipinski definition) is 4. The van der Waals surface area contributed by atoms with E-state index in [1.165, 1.54) is 12.1 Å². The molecule has 2 N–H and O–H groups in total. The molecule has 106 valence electrons. The molecule has 0 aliphatic carbocycles. The van der Waals surface area contributed by atoms with Crippen LogP contribution in [0.4, 0.5) is 4.39 Å². The van der Waals surface area contributed by atoms with Crippen LogP contribution in [0.15, 0.2) is 35.7 Å². The Balaban J connectivity index is 3.20. The third kappa shape index (κ3) is 3.60. The second-order valence-electron chi connectivity index (χ2n) is 3.80. The highest BCUT2D eigenvalue weighted by Gasteiger charge is 2.26. The predicted molar refractivity (Wildman–Crippen MR) is 68.4 cm³/mol. The molecule has 19 heavy (non-hydrogen) atoms. The van der Waals surface area contributed by atoms with E-state index in [-0.39, 0.29) is 31.9 Å². The molecule has 1 rings (SSSR count). The Morgan fingerprint density at radius 1 is 1.37 bits per heavy atom. The number of hydrogen-bond donors (Lipinski definition) is 2. The minimum Gasteiger partial charge on any atom is -0.395 e. The summed E-state index contributed by atoms with van der Waals surface area (Å²) in [5.41, 5.74) is 0.286. The van der Waals surface area contributed by atoms with Crippen molar-refractivity contribution in [2.45, 2.75) is 11.5 Å². The fourth-order valence-corrected chi connectivity index (χ4v) is 3.00. The Hall–Kier alpha value is -1.28. The summed E-state index contributed by atoms with van der Waals surface area (Å²) in [5, 5.41) is 17.7. The van der Waals surface area contributed by atoms with Gasteiger partial charge in [0.05, 0.1) is 13.2 Å². The van der Waals surface area contributed by atoms with Gasteiger partial charge in [0, 0.05) is 13.1 Å². The molecule has 0 aromatic heterocycles. The van der Waals surface area contributed by atoms with E-state index in [4.69, 9.17) is 10.2 Å². The third-order valence-electron chi connectivity index (χ3n) is 2.48.